The first-order valence-electron chi connectivity index (χ1n) is 7.96. The Kier molecular flexibility index (Phi) is 3.96. The van der Waals surface area contributed by atoms with E-state index in [0.717, 1.165) is 28.0 Å². The molecule has 0 spiro atoms. The normalized spacial score (nSPS) is 10.6. The molecule has 0 saturated heterocycles. The van der Waals surface area contributed by atoms with Crippen LogP contribution < -0.4 is 10.1 Å². The molecule has 0 radical (unpaired) electrons. The number of ether oxygens (including phenoxy) is 1. The Labute approximate surface area is 145 Å². The molecule has 1 N–H and O–H groups in total. The Balaban J connectivity index is 1.55. The van der Waals surface area contributed by atoms with Crippen molar-refractivity contribution >= 4 is 22.3 Å². The number of anilines is 2. The van der Waals surface area contributed by atoms with Crippen molar-refractivity contribution in [1.82, 2.24) is 15.0 Å². The minimum Gasteiger partial charge on any atom is -0.437 e. The van der Waals surface area contributed by atoms with E-state index < -0.39 is 0 Å². The fourth-order valence-electron chi connectivity index (χ4n) is 2.56. The molecule has 0 aliphatic rings. The van der Waals surface area contributed by atoms with Crippen LogP contribution in [0.1, 0.15) is 5.69 Å². The number of hydrogen-bond donors (Lipinski definition) is 1. The zero-order valence-electron chi connectivity index (χ0n) is 13.7. The number of aromatic nitrogens is 3. The van der Waals surface area contributed by atoms with E-state index in [1.165, 1.54) is 0 Å². The van der Waals surface area contributed by atoms with Gasteiger partial charge in [-0.15, -0.1) is 0 Å². The van der Waals surface area contributed by atoms with Crippen LogP contribution in [0.5, 0.6) is 11.6 Å². The molecule has 0 bridgehead atoms. The van der Waals surface area contributed by atoms with E-state index >= 15 is 0 Å². The van der Waals surface area contributed by atoms with Crippen molar-refractivity contribution in [2.45, 2.75) is 6.92 Å². The Hall–Kier alpha value is -3.47. The van der Waals surface area contributed by atoms with E-state index in [2.05, 4.69) is 26.3 Å². The molecule has 0 saturated carbocycles. The number of benzene rings is 1. The third-order valence-corrected chi connectivity index (χ3v) is 3.85. The Morgan fingerprint density at radius 3 is 2.60 bits per heavy atom. The average Bonchev–Trinajstić information content (AvgIpc) is 2.65. The molecule has 25 heavy (non-hydrogen) atoms. The molecule has 5 nitrogen and oxygen atoms in total. The predicted octanol–water partition coefficient (Wildman–Crippen LogP) is 4.87. The summed E-state index contributed by atoms with van der Waals surface area (Å²) in [6.07, 6.45) is 5.26. The topological polar surface area (TPSA) is 59.9 Å². The molecular formula is C20H16N4O. The highest BCUT2D eigenvalue weighted by atomic mass is 16.5. The molecule has 1 aromatic carbocycles. The standard InChI is InChI=1S/C20H16N4O/c1-14-18(7-4-11-21-14)25-19-9-8-16(13-23-19)24-20-17-6-3-2-5-15(17)10-12-22-20/h2-13H,1H3,(H,22,24). The van der Waals surface area contributed by atoms with Crippen molar-refractivity contribution in [2.75, 3.05) is 5.32 Å². The fourth-order valence-corrected chi connectivity index (χ4v) is 2.56. The fraction of sp³-hybridized carbons (Fsp3) is 0.0500. The summed E-state index contributed by atoms with van der Waals surface area (Å²) in [5, 5.41) is 5.51. The van der Waals surface area contributed by atoms with E-state index in [9.17, 15) is 0 Å². The highest BCUT2D eigenvalue weighted by Crippen LogP contribution is 2.26. The van der Waals surface area contributed by atoms with Crippen LogP contribution in [0, 0.1) is 6.92 Å². The third kappa shape index (κ3) is 3.26. The average molecular weight is 328 g/mol. The van der Waals surface area contributed by atoms with Crippen molar-refractivity contribution in [2.24, 2.45) is 0 Å². The maximum atomic E-state index is 5.77. The van der Waals surface area contributed by atoms with Crippen LogP contribution >= 0.6 is 0 Å². The van der Waals surface area contributed by atoms with E-state index in [-0.39, 0.29) is 0 Å². The molecule has 5 heteroatoms. The quantitative estimate of drug-likeness (QED) is 0.579. The summed E-state index contributed by atoms with van der Waals surface area (Å²) in [6.45, 7) is 1.90. The van der Waals surface area contributed by atoms with Crippen molar-refractivity contribution in [3.63, 3.8) is 0 Å². The number of nitrogens with zero attached hydrogens (tertiary/aromatic N) is 3. The van der Waals surface area contributed by atoms with Crippen LogP contribution in [0.2, 0.25) is 0 Å². The number of aryl methyl sites for hydroxylation is 1. The van der Waals surface area contributed by atoms with Gasteiger partial charge in [0.25, 0.3) is 0 Å². The van der Waals surface area contributed by atoms with Crippen LogP contribution in [0.4, 0.5) is 11.5 Å². The van der Waals surface area contributed by atoms with Gasteiger partial charge in [0.2, 0.25) is 5.88 Å². The lowest BCUT2D eigenvalue weighted by Gasteiger charge is -2.10. The Bertz CT molecular complexity index is 1010. The number of rotatable bonds is 4. The van der Waals surface area contributed by atoms with Gasteiger partial charge in [-0.2, -0.15) is 0 Å². The lowest BCUT2D eigenvalue weighted by atomic mass is 10.1. The van der Waals surface area contributed by atoms with Gasteiger partial charge in [0, 0.05) is 23.8 Å². The number of nitrogens with one attached hydrogen (secondary N) is 1. The first-order chi connectivity index (χ1) is 12.3. The Morgan fingerprint density at radius 1 is 0.840 bits per heavy atom. The monoisotopic (exact) mass is 328 g/mol. The van der Waals surface area contributed by atoms with Crippen molar-refractivity contribution in [3.05, 3.63) is 78.9 Å². The molecule has 0 aliphatic carbocycles. The number of fused-ring (bicyclic) bond motifs is 1. The maximum absolute atomic E-state index is 5.77. The molecule has 0 amide bonds. The zero-order valence-corrected chi connectivity index (χ0v) is 13.7. The van der Waals surface area contributed by atoms with Gasteiger partial charge in [0.05, 0.1) is 17.6 Å². The predicted molar refractivity (Wildman–Crippen MR) is 98.3 cm³/mol. The van der Waals surface area contributed by atoms with Gasteiger partial charge < -0.3 is 10.1 Å². The molecule has 4 rings (SSSR count). The molecule has 0 unspecified atom stereocenters. The van der Waals surface area contributed by atoms with E-state index in [4.69, 9.17) is 4.74 Å². The van der Waals surface area contributed by atoms with Crippen LogP contribution in [0.25, 0.3) is 10.8 Å². The first kappa shape index (κ1) is 15.1. The van der Waals surface area contributed by atoms with Crippen LogP contribution in [0.15, 0.2) is 73.2 Å². The molecule has 3 heterocycles. The van der Waals surface area contributed by atoms with E-state index in [1.54, 1.807) is 18.6 Å². The lowest BCUT2D eigenvalue weighted by molar-refractivity contribution is 0.457. The summed E-state index contributed by atoms with van der Waals surface area (Å²) in [5.74, 6) is 2.02. The summed E-state index contributed by atoms with van der Waals surface area (Å²) < 4.78 is 5.77. The van der Waals surface area contributed by atoms with Gasteiger partial charge in [-0.05, 0) is 36.6 Å². The minimum absolute atomic E-state index is 0.521. The summed E-state index contributed by atoms with van der Waals surface area (Å²) in [6, 6.07) is 17.6. The van der Waals surface area contributed by atoms with Crippen LogP contribution in [-0.4, -0.2) is 15.0 Å². The third-order valence-electron chi connectivity index (χ3n) is 3.85. The highest BCUT2D eigenvalue weighted by molar-refractivity contribution is 5.93. The van der Waals surface area contributed by atoms with Crippen molar-refractivity contribution < 1.29 is 4.74 Å². The van der Waals surface area contributed by atoms with Gasteiger partial charge in [-0.1, -0.05) is 24.3 Å². The first-order valence-corrected chi connectivity index (χ1v) is 7.96. The molecule has 0 fully saturated rings. The molecular weight excluding hydrogens is 312 g/mol. The van der Waals surface area contributed by atoms with Crippen LogP contribution in [-0.2, 0) is 0 Å². The molecule has 3 aromatic heterocycles. The summed E-state index contributed by atoms with van der Waals surface area (Å²) in [7, 11) is 0. The van der Waals surface area contributed by atoms with Crippen molar-refractivity contribution in [1.29, 1.82) is 0 Å². The Morgan fingerprint density at radius 2 is 1.76 bits per heavy atom. The van der Waals surface area contributed by atoms with Gasteiger partial charge in [-0.25, -0.2) is 9.97 Å². The second-order valence-electron chi connectivity index (χ2n) is 5.58. The number of hydrogen-bond acceptors (Lipinski definition) is 5. The van der Waals surface area contributed by atoms with Gasteiger partial charge in [0.15, 0.2) is 5.75 Å². The van der Waals surface area contributed by atoms with Gasteiger partial charge in [0.1, 0.15) is 5.82 Å². The molecule has 122 valence electrons. The SMILES string of the molecule is Cc1ncccc1Oc1ccc(Nc2nccc3ccccc23)cn1. The molecule has 0 atom stereocenters. The summed E-state index contributed by atoms with van der Waals surface area (Å²) >= 11 is 0. The second-order valence-corrected chi connectivity index (χ2v) is 5.58. The largest absolute Gasteiger partial charge is 0.437 e. The molecule has 4 aromatic rings. The number of pyridine rings is 3. The zero-order chi connectivity index (χ0) is 17.1. The highest BCUT2D eigenvalue weighted by Gasteiger charge is 2.05. The minimum atomic E-state index is 0.521. The summed E-state index contributed by atoms with van der Waals surface area (Å²) in [5.41, 5.74) is 1.67. The van der Waals surface area contributed by atoms with Gasteiger partial charge >= 0.3 is 0 Å². The van der Waals surface area contributed by atoms with Crippen LogP contribution in [0.3, 0.4) is 0 Å². The van der Waals surface area contributed by atoms with Crippen molar-refractivity contribution in [3.8, 4) is 11.6 Å². The van der Waals surface area contributed by atoms with E-state index in [0.29, 0.717) is 11.6 Å². The second kappa shape index (κ2) is 6.57. The van der Waals surface area contributed by atoms with Gasteiger partial charge in [-0.3, -0.25) is 4.98 Å². The smallest absolute Gasteiger partial charge is 0.219 e. The summed E-state index contributed by atoms with van der Waals surface area (Å²) in [4.78, 5) is 13.0. The maximum Gasteiger partial charge on any atom is 0.219 e. The van der Waals surface area contributed by atoms with E-state index in [1.807, 2.05) is 55.5 Å². The molecule has 0 aliphatic heterocycles. The lowest BCUT2D eigenvalue weighted by Crippen LogP contribution is -1.96.